The van der Waals surface area contributed by atoms with Gasteiger partial charge in [0.25, 0.3) is 0 Å². The van der Waals surface area contributed by atoms with Crippen LogP contribution >= 0.6 is 0 Å². The maximum atomic E-state index is 12.0. The Morgan fingerprint density at radius 1 is 1.39 bits per heavy atom. The van der Waals surface area contributed by atoms with E-state index in [1.165, 1.54) is 0 Å². The molecule has 0 spiro atoms. The second kappa shape index (κ2) is 7.00. The van der Waals surface area contributed by atoms with Crippen LogP contribution in [-0.4, -0.2) is 35.6 Å². The Morgan fingerprint density at radius 3 is 2.70 bits per heavy atom. The number of likely N-dealkylation sites (tertiary alicyclic amines) is 1. The van der Waals surface area contributed by atoms with E-state index in [0.29, 0.717) is 31.7 Å². The summed E-state index contributed by atoms with van der Waals surface area (Å²) in [6.07, 6.45) is -0.00411. The molecule has 6 heteroatoms. The minimum atomic E-state index is -0.557. The molecular weight excluding hydrogens is 294 g/mol. The van der Waals surface area contributed by atoms with E-state index < -0.39 is 11.7 Å². The lowest BCUT2D eigenvalue weighted by atomic mass is 10.1. The number of carbonyl (C=O) groups is 2. The highest BCUT2D eigenvalue weighted by Gasteiger charge is 2.29. The fraction of sp³-hybridized carbons (Fsp3) is 0.529. The first-order valence-electron chi connectivity index (χ1n) is 7.84. The van der Waals surface area contributed by atoms with E-state index in [9.17, 15) is 9.59 Å². The van der Waals surface area contributed by atoms with Gasteiger partial charge in [-0.15, -0.1) is 0 Å². The molecule has 1 aromatic rings. The molecule has 1 heterocycles. The zero-order valence-electron chi connectivity index (χ0n) is 14.0. The molecule has 0 bridgehead atoms. The normalized spacial score (nSPS) is 18.2. The first-order valence-corrected chi connectivity index (χ1v) is 7.84. The molecule has 1 fully saturated rings. The molecular formula is C17H25N3O3. The number of nitrogens with zero attached hydrogens (tertiary/aromatic N) is 1. The van der Waals surface area contributed by atoms with Gasteiger partial charge in [-0.3, -0.25) is 10.1 Å². The third kappa shape index (κ3) is 4.96. The van der Waals surface area contributed by atoms with Gasteiger partial charge in [0.15, 0.2) is 0 Å². The van der Waals surface area contributed by atoms with Crippen LogP contribution < -0.4 is 11.1 Å². The predicted molar refractivity (Wildman–Crippen MR) is 88.9 cm³/mol. The minimum Gasteiger partial charge on any atom is -0.444 e. The molecule has 3 N–H and O–H groups in total. The minimum absolute atomic E-state index is 0.104. The molecule has 1 aliphatic heterocycles. The number of benzene rings is 1. The standard InChI is InChI=1S/C17H25N3O3/c1-17(2,3)23-16(22)19-14-7-5-4-6-13(14)11-20-10-12(9-18)8-15(20)21/h4-7,12H,8-11,18H2,1-3H3,(H,19,22). The van der Waals surface area contributed by atoms with Gasteiger partial charge in [-0.05, 0) is 44.9 Å². The van der Waals surface area contributed by atoms with Crippen LogP contribution in [0.5, 0.6) is 0 Å². The highest BCUT2D eigenvalue weighted by Crippen LogP contribution is 2.23. The molecule has 1 unspecified atom stereocenters. The van der Waals surface area contributed by atoms with Crippen molar-refractivity contribution in [2.75, 3.05) is 18.4 Å². The number of rotatable bonds is 4. The number of ether oxygens (including phenoxy) is 1. The fourth-order valence-corrected chi connectivity index (χ4v) is 2.56. The predicted octanol–water partition coefficient (Wildman–Crippen LogP) is 2.34. The summed E-state index contributed by atoms with van der Waals surface area (Å²) >= 11 is 0. The number of hydrogen-bond acceptors (Lipinski definition) is 4. The summed E-state index contributed by atoms with van der Waals surface area (Å²) in [7, 11) is 0. The molecule has 0 aliphatic carbocycles. The van der Waals surface area contributed by atoms with E-state index in [2.05, 4.69) is 5.32 Å². The average molecular weight is 319 g/mol. The van der Waals surface area contributed by atoms with Crippen molar-refractivity contribution in [3.63, 3.8) is 0 Å². The van der Waals surface area contributed by atoms with E-state index in [1.807, 2.05) is 39.0 Å². The topological polar surface area (TPSA) is 84.7 Å². The molecule has 2 rings (SSSR count). The van der Waals surface area contributed by atoms with E-state index in [0.717, 1.165) is 5.56 Å². The summed E-state index contributed by atoms with van der Waals surface area (Å²) in [5.74, 6) is 0.320. The van der Waals surface area contributed by atoms with Crippen LogP contribution in [-0.2, 0) is 16.1 Å². The maximum Gasteiger partial charge on any atom is 0.412 e. The lowest BCUT2D eigenvalue weighted by Gasteiger charge is -2.22. The van der Waals surface area contributed by atoms with Gasteiger partial charge >= 0.3 is 6.09 Å². The summed E-state index contributed by atoms with van der Waals surface area (Å²) in [5.41, 5.74) is 6.63. The van der Waals surface area contributed by atoms with Crippen molar-refractivity contribution in [1.29, 1.82) is 0 Å². The van der Waals surface area contributed by atoms with Crippen molar-refractivity contribution in [3.05, 3.63) is 29.8 Å². The van der Waals surface area contributed by atoms with Gasteiger partial charge in [0.1, 0.15) is 5.60 Å². The lowest BCUT2D eigenvalue weighted by Crippen LogP contribution is -2.29. The smallest absolute Gasteiger partial charge is 0.412 e. The summed E-state index contributed by atoms with van der Waals surface area (Å²) in [6.45, 7) is 7.08. The van der Waals surface area contributed by atoms with Crippen molar-refractivity contribution in [1.82, 2.24) is 4.90 Å². The van der Waals surface area contributed by atoms with E-state index in [1.54, 1.807) is 11.0 Å². The van der Waals surface area contributed by atoms with Crippen molar-refractivity contribution >= 4 is 17.7 Å². The SMILES string of the molecule is CC(C)(C)OC(=O)Nc1ccccc1CN1CC(CN)CC1=O. The van der Waals surface area contributed by atoms with Crippen molar-refractivity contribution < 1.29 is 14.3 Å². The van der Waals surface area contributed by atoms with Gasteiger partial charge in [0, 0.05) is 25.2 Å². The Kier molecular flexibility index (Phi) is 5.26. The number of nitrogens with one attached hydrogen (secondary N) is 1. The van der Waals surface area contributed by atoms with Crippen LogP contribution in [0.3, 0.4) is 0 Å². The maximum absolute atomic E-state index is 12.0. The summed E-state index contributed by atoms with van der Waals surface area (Å²) < 4.78 is 5.28. The lowest BCUT2D eigenvalue weighted by molar-refractivity contribution is -0.128. The van der Waals surface area contributed by atoms with Gasteiger partial charge in [-0.2, -0.15) is 0 Å². The zero-order valence-corrected chi connectivity index (χ0v) is 14.0. The molecule has 1 aliphatic rings. The molecule has 6 nitrogen and oxygen atoms in total. The molecule has 0 saturated carbocycles. The Morgan fingerprint density at radius 2 is 2.09 bits per heavy atom. The van der Waals surface area contributed by atoms with Crippen LogP contribution in [0.1, 0.15) is 32.8 Å². The van der Waals surface area contributed by atoms with Crippen LogP contribution in [0.4, 0.5) is 10.5 Å². The van der Waals surface area contributed by atoms with Gasteiger partial charge in [0.2, 0.25) is 5.91 Å². The number of nitrogens with two attached hydrogens (primary N) is 1. The molecule has 1 atom stereocenters. The number of anilines is 1. The average Bonchev–Trinajstić information content (AvgIpc) is 2.79. The number of amides is 2. The third-order valence-electron chi connectivity index (χ3n) is 3.64. The zero-order chi connectivity index (χ0) is 17.0. The second-order valence-corrected chi connectivity index (χ2v) is 6.86. The first kappa shape index (κ1) is 17.3. The van der Waals surface area contributed by atoms with E-state index in [4.69, 9.17) is 10.5 Å². The fourth-order valence-electron chi connectivity index (χ4n) is 2.56. The van der Waals surface area contributed by atoms with Gasteiger partial charge in [0.05, 0.1) is 0 Å². The highest BCUT2D eigenvalue weighted by molar-refractivity contribution is 5.86. The molecule has 0 aromatic heterocycles. The highest BCUT2D eigenvalue weighted by atomic mass is 16.6. The van der Waals surface area contributed by atoms with E-state index in [-0.39, 0.29) is 11.8 Å². The van der Waals surface area contributed by atoms with Crippen molar-refractivity contribution in [3.8, 4) is 0 Å². The van der Waals surface area contributed by atoms with Crippen LogP contribution in [0.15, 0.2) is 24.3 Å². The molecule has 1 aromatic carbocycles. The molecule has 0 radical (unpaired) electrons. The van der Waals surface area contributed by atoms with E-state index >= 15 is 0 Å². The van der Waals surface area contributed by atoms with Gasteiger partial charge in [-0.1, -0.05) is 18.2 Å². The Balaban J connectivity index is 2.06. The molecule has 126 valence electrons. The van der Waals surface area contributed by atoms with Crippen molar-refractivity contribution in [2.24, 2.45) is 11.7 Å². The molecule has 23 heavy (non-hydrogen) atoms. The second-order valence-electron chi connectivity index (χ2n) is 6.86. The summed E-state index contributed by atoms with van der Waals surface area (Å²) in [6, 6.07) is 7.43. The quantitative estimate of drug-likeness (QED) is 0.892. The summed E-state index contributed by atoms with van der Waals surface area (Å²) in [5, 5.41) is 2.76. The largest absolute Gasteiger partial charge is 0.444 e. The van der Waals surface area contributed by atoms with Gasteiger partial charge in [-0.25, -0.2) is 4.79 Å². The number of para-hydroxylation sites is 1. The first-order chi connectivity index (χ1) is 10.8. The molecule has 1 saturated heterocycles. The van der Waals surface area contributed by atoms with Crippen LogP contribution in [0.2, 0.25) is 0 Å². The number of hydrogen-bond donors (Lipinski definition) is 2. The molecule has 2 amide bonds. The Labute approximate surface area is 137 Å². The van der Waals surface area contributed by atoms with Crippen LogP contribution in [0.25, 0.3) is 0 Å². The monoisotopic (exact) mass is 319 g/mol. The third-order valence-corrected chi connectivity index (χ3v) is 3.64. The Bertz CT molecular complexity index is 581. The van der Waals surface area contributed by atoms with Gasteiger partial charge < -0.3 is 15.4 Å². The van der Waals surface area contributed by atoms with Crippen molar-refractivity contribution in [2.45, 2.75) is 39.3 Å². The number of carbonyl (C=O) groups excluding carboxylic acids is 2. The summed E-state index contributed by atoms with van der Waals surface area (Å²) in [4.78, 5) is 25.8. The Hall–Kier alpha value is -2.08. The van der Waals surface area contributed by atoms with Crippen LogP contribution in [0, 0.1) is 5.92 Å².